The molecular weight excluding hydrogens is 346 g/mol. The van der Waals surface area contributed by atoms with Crippen molar-refractivity contribution in [1.82, 2.24) is 15.2 Å². The van der Waals surface area contributed by atoms with Crippen LogP contribution in [0.5, 0.6) is 0 Å². The van der Waals surface area contributed by atoms with Crippen molar-refractivity contribution in [3.05, 3.63) is 35.5 Å². The first-order chi connectivity index (χ1) is 13.6. The van der Waals surface area contributed by atoms with Crippen LogP contribution in [0, 0.1) is 11.8 Å². The number of amides is 1. The van der Waals surface area contributed by atoms with Crippen LogP contribution in [-0.4, -0.2) is 22.6 Å². The third-order valence-electron chi connectivity index (χ3n) is 6.85. The average molecular weight is 380 g/mol. The first kappa shape index (κ1) is 18.2. The van der Waals surface area contributed by atoms with Crippen LogP contribution in [0.1, 0.15) is 69.5 Å². The van der Waals surface area contributed by atoms with Crippen LogP contribution in [0.15, 0.2) is 24.4 Å². The Morgan fingerprint density at radius 3 is 2.75 bits per heavy atom. The van der Waals surface area contributed by atoms with Gasteiger partial charge in [-0.2, -0.15) is 0 Å². The van der Waals surface area contributed by atoms with Gasteiger partial charge in [0, 0.05) is 35.7 Å². The Morgan fingerprint density at radius 2 is 2.07 bits per heavy atom. The minimum Gasteiger partial charge on any atom is -0.352 e. The number of nitrogens with one attached hydrogen (secondary N) is 2. The third-order valence-corrected chi connectivity index (χ3v) is 6.85. The van der Waals surface area contributed by atoms with Crippen LogP contribution in [0.2, 0.25) is 0 Å². The number of carbonyl (C=O) groups is 1. The Hall–Kier alpha value is -1.81. The maximum atomic E-state index is 13.1. The fourth-order valence-corrected chi connectivity index (χ4v) is 4.94. The van der Waals surface area contributed by atoms with Crippen LogP contribution in [0.25, 0.3) is 10.9 Å². The number of nitrogens with zero attached hydrogens (tertiary/aromatic N) is 1. The molecule has 0 spiro atoms. The molecule has 2 aromatic rings. The van der Waals surface area contributed by atoms with Crippen LogP contribution >= 0.6 is 0 Å². The summed E-state index contributed by atoms with van der Waals surface area (Å²) in [5.74, 6) is 1.62. The number of benzene rings is 1. The van der Waals surface area contributed by atoms with Crippen molar-refractivity contribution >= 4 is 16.8 Å². The fourth-order valence-electron chi connectivity index (χ4n) is 4.94. The summed E-state index contributed by atoms with van der Waals surface area (Å²) in [6.45, 7) is 5.67. The molecule has 0 saturated heterocycles. The van der Waals surface area contributed by atoms with Crippen molar-refractivity contribution in [3.63, 3.8) is 0 Å². The molecule has 1 aromatic carbocycles. The molecule has 28 heavy (non-hydrogen) atoms. The van der Waals surface area contributed by atoms with Gasteiger partial charge in [0.25, 0.3) is 0 Å². The second-order valence-corrected chi connectivity index (χ2v) is 9.73. The highest BCUT2D eigenvalue weighted by molar-refractivity contribution is 5.90. The Morgan fingerprint density at radius 1 is 1.25 bits per heavy atom. The van der Waals surface area contributed by atoms with E-state index >= 15 is 0 Å². The second-order valence-electron chi connectivity index (χ2n) is 9.73. The van der Waals surface area contributed by atoms with E-state index in [0.717, 1.165) is 38.1 Å². The van der Waals surface area contributed by atoms with E-state index in [1.807, 2.05) is 0 Å². The molecule has 1 amide bonds. The van der Waals surface area contributed by atoms with Gasteiger partial charge in [0.05, 0.1) is 6.04 Å². The van der Waals surface area contributed by atoms with Crippen LogP contribution in [0.3, 0.4) is 0 Å². The summed E-state index contributed by atoms with van der Waals surface area (Å²) in [5, 5.41) is 8.44. The normalized spacial score (nSPS) is 25.0. The molecule has 0 bridgehead atoms. The lowest BCUT2D eigenvalue weighted by Gasteiger charge is -2.30. The summed E-state index contributed by atoms with van der Waals surface area (Å²) >= 11 is 0. The summed E-state index contributed by atoms with van der Waals surface area (Å²) in [6.07, 6.45) is 10.4. The summed E-state index contributed by atoms with van der Waals surface area (Å²) in [6, 6.07) is 7.23. The van der Waals surface area contributed by atoms with Gasteiger partial charge in [-0.05, 0) is 74.0 Å². The predicted octanol–water partition coefficient (Wildman–Crippen LogP) is 4.32. The molecule has 3 aliphatic rings. The zero-order valence-electron chi connectivity index (χ0n) is 17.2. The molecule has 5 rings (SSSR count). The zero-order valence-corrected chi connectivity index (χ0v) is 17.2. The maximum Gasteiger partial charge on any atom is 0.237 e. The van der Waals surface area contributed by atoms with Gasteiger partial charge in [0.2, 0.25) is 5.91 Å². The highest BCUT2D eigenvalue weighted by Crippen LogP contribution is 2.38. The molecule has 2 N–H and O–H groups in total. The smallest absolute Gasteiger partial charge is 0.237 e. The Bertz CT molecular complexity index is 875. The molecule has 4 heteroatoms. The molecule has 1 aromatic heterocycles. The van der Waals surface area contributed by atoms with Gasteiger partial charge in [0.15, 0.2) is 0 Å². The number of rotatable bonds is 6. The molecule has 150 valence electrons. The molecule has 2 aliphatic carbocycles. The molecule has 2 saturated carbocycles. The second kappa shape index (κ2) is 7.22. The van der Waals surface area contributed by atoms with E-state index in [1.54, 1.807) is 0 Å². The highest BCUT2D eigenvalue weighted by atomic mass is 16.2. The zero-order chi connectivity index (χ0) is 19.3. The van der Waals surface area contributed by atoms with E-state index in [-0.39, 0.29) is 18.0 Å². The van der Waals surface area contributed by atoms with Crippen molar-refractivity contribution in [1.29, 1.82) is 0 Å². The standard InChI is InChI=1S/C24H33N3O/c1-15(2)11-20-19-7-4-8-22-23(19)17(14-27(22)13-16-9-10-16)12-21(26-20)24(28)25-18-5-3-6-18/h4,7-8,14-16,18,20-21,26H,3,5-6,9-13H2,1-2H3,(H,25,28)/t20-,21-/m0/s1. The van der Waals surface area contributed by atoms with E-state index in [4.69, 9.17) is 0 Å². The lowest BCUT2D eigenvalue weighted by atomic mass is 9.92. The molecule has 2 atom stereocenters. The number of hydrogen-bond acceptors (Lipinski definition) is 2. The summed E-state index contributed by atoms with van der Waals surface area (Å²) in [7, 11) is 0. The van der Waals surface area contributed by atoms with Crippen LogP contribution in [-0.2, 0) is 17.8 Å². The van der Waals surface area contributed by atoms with E-state index in [1.165, 1.54) is 41.3 Å². The summed E-state index contributed by atoms with van der Waals surface area (Å²) in [5.41, 5.74) is 4.09. The number of hydrogen-bond donors (Lipinski definition) is 2. The number of carbonyl (C=O) groups excluding carboxylic acids is 1. The van der Waals surface area contributed by atoms with Crippen molar-refractivity contribution in [3.8, 4) is 0 Å². The first-order valence-electron chi connectivity index (χ1n) is 11.3. The lowest BCUT2D eigenvalue weighted by molar-refractivity contribution is -0.124. The van der Waals surface area contributed by atoms with E-state index in [9.17, 15) is 4.79 Å². The Kier molecular flexibility index (Phi) is 4.70. The van der Waals surface area contributed by atoms with Crippen molar-refractivity contribution in [2.24, 2.45) is 11.8 Å². The minimum absolute atomic E-state index is 0.142. The van der Waals surface area contributed by atoms with Gasteiger partial charge < -0.3 is 9.88 Å². The largest absolute Gasteiger partial charge is 0.352 e. The van der Waals surface area contributed by atoms with Gasteiger partial charge in [-0.15, -0.1) is 0 Å². The first-order valence-corrected chi connectivity index (χ1v) is 11.3. The maximum absolute atomic E-state index is 13.1. The van der Waals surface area contributed by atoms with Crippen molar-refractivity contribution in [2.75, 3.05) is 0 Å². The third kappa shape index (κ3) is 3.47. The van der Waals surface area contributed by atoms with E-state index in [2.05, 4.69) is 53.4 Å². The molecule has 2 fully saturated rings. The van der Waals surface area contributed by atoms with Crippen LogP contribution < -0.4 is 10.6 Å². The molecule has 2 heterocycles. The van der Waals surface area contributed by atoms with Crippen LogP contribution in [0.4, 0.5) is 0 Å². The molecule has 4 nitrogen and oxygen atoms in total. The summed E-state index contributed by atoms with van der Waals surface area (Å²) in [4.78, 5) is 13.1. The predicted molar refractivity (Wildman–Crippen MR) is 113 cm³/mol. The topological polar surface area (TPSA) is 46.1 Å². The van der Waals surface area contributed by atoms with Gasteiger partial charge in [-0.3, -0.25) is 10.1 Å². The minimum atomic E-state index is -0.142. The highest BCUT2D eigenvalue weighted by Gasteiger charge is 2.33. The molecule has 1 aliphatic heterocycles. The van der Waals surface area contributed by atoms with Gasteiger partial charge in [-0.25, -0.2) is 0 Å². The van der Waals surface area contributed by atoms with Gasteiger partial charge in [-0.1, -0.05) is 26.0 Å². The Balaban J connectivity index is 1.52. The Labute approximate surface area is 168 Å². The average Bonchev–Trinajstić information content (AvgIpc) is 3.39. The number of aromatic nitrogens is 1. The lowest BCUT2D eigenvalue weighted by Crippen LogP contribution is -2.51. The quantitative estimate of drug-likeness (QED) is 0.785. The molecule has 0 radical (unpaired) electrons. The molecule has 0 unspecified atom stereocenters. The van der Waals surface area contributed by atoms with Gasteiger partial charge >= 0.3 is 0 Å². The summed E-state index contributed by atoms with van der Waals surface area (Å²) < 4.78 is 2.46. The van der Waals surface area contributed by atoms with E-state index < -0.39 is 0 Å². The monoisotopic (exact) mass is 379 g/mol. The molecular formula is C24H33N3O. The van der Waals surface area contributed by atoms with Gasteiger partial charge in [0.1, 0.15) is 0 Å². The van der Waals surface area contributed by atoms with Crippen molar-refractivity contribution < 1.29 is 4.79 Å². The SMILES string of the molecule is CC(C)C[C@@H]1N[C@H](C(=O)NC2CCC2)Cc2cn(CC3CC3)c3cccc1c23. The fraction of sp³-hybridized carbons (Fsp3) is 0.625. The van der Waals surface area contributed by atoms with E-state index in [0.29, 0.717) is 12.0 Å². The van der Waals surface area contributed by atoms with Crippen molar-refractivity contribution in [2.45, 2.75) is 83.5 Å².